The van der Waals surface area contributed by atoms with Gasteiger partial charge in [0, 0.05) is 19.5 Å². The number of nitrogens with zero attached hydrogens (tertiary/aromatic N) is 4. The molecule has 9 nitrogen and oxygen atoms in total. The second-order valence-corrected chi connectivity index (χ2v) is 7.18. The number of nitrogens with one attached hydrogen (secondary N) is 2. The predicted molar refractivity (Wildman–Crippen MR) is 123 cm³/mol. The van der Waals surface area contributed by atoms with Crippen LogP contribution in [0.5, 0.6) is 0 Å². The number of aliphatic imine (C=N–C) groups is 1. The summed E-state index contributed by atoms with van der Waals surface area (Å²) in [4.78, 5) is 25.8. The van der Waals surface area contributed by atoms with Gasteiger partial charge in [-0.1, -0.05) is 5.16 Å². The van der Waals surface area contributed by atoms with Crippen molar-refractivity contribution in [2.75, 3.05) is 19.7 Å². The average Bonchev–Trinajstić information content (AvgIpc) is 3.24. The lowest BCUT2D eigenvalue weighted by atomic mass is 10.3. The number of esters is 1. The van der Waals surface area contributed by atoms with Gasteiger partial charge >= 0.3 is 5.97 Å². The van der Waals surface area contributed by atoms with Gasteiger partial charge in [-0.15, -0.1) is 35.3 Å². The Labute approximate surface area is 192 Å². The zero-order valence-electron chi connectivity index (χ0n) is 17.4. The Kier molecular flexibility index (Phi) is 11.1. The molecule has 29 heavy (non-hydrogen) atoms. The third-order valence-corrected chi connectivity index (χ3v) is 5.05. The lowest BCUT2D eigenvalue weighted by Gasteiger charge is -2.15. The van der Waals surface area contributed by atoms with Crippen LogP contribution in [0.15, 0.2) is 9.52 Å². The quantitative estimate of drug-likeness (QED) is 0.165. The van der Waals surface area contributed by atoms with Gasteiger partial charge in [-0.05, 0) is 41.0 Å². The summed E-state index contributed by atoms with van der Waals surface area (Å²) in [5.41, 5.74) is 0.684. The third kappa shape index (κ3) is 7.88. The molecule has 0 spiro atoms. The van der Waals surface area contributed by atoms with Crippen molar-refractivity contribution in [1.29, 1.82) is 0 Å². The molecule has 0 saturated heterocycles. The van der Waals surface area contributed by atoms with E-state index < -0.39 is 0 Å². The van der Waals surface area contributed by atoms with Crippen molar-refractivity contribution in [2.24, 2.45) is 4.99 Å². The fraction of sp³-hybridized carbons (Fsp3) is 0.611. The van der Waals surface area contributed by atoms with Gasteiger partial charge in [-0.2, -0.15) is 4.98 Å². The zero-order valence-corrected chi connectivity index (χ0v) is 20.6. The molecule has 2 heterocycles. The van der Waals surface area contributed by atoms with E-state index in [2.05, 4.69) is 30.8 Å². The normalized spacial score (nSPS) is 12.2. The summed E-state index contributed by atoms with van der Waals surface area (Å²) >= 11 is 1.35. The number of thiazole rings is 1. The van der Waals surface area contributed by atoms with Gasteiger partial charge in [-0.25, -0.2) is 9.78 Å². The van der Waals surface area contributed by atoms with E-state index in [0.717, 1.165) is 18.0 Å². The minimum Gasteiger partial charge on any atom is -0.462 e. The number of aromatic nitrogens is 3. The van der Waals surface area contributed by atoms with Crippen LogP contribution in [0.25, 0.3) is 0 Å². The van der Waals surface area contributed by atoms with Gasteiger partial charge in [0.15, 0.2) is 11.8 Å². The summed E-state index contributed by atoms with van der Waals surface area (Å²) < 4.78 is 10.2. The van der Waals surface area contributed by atoms with Crippen LogP contribution in [0.1, 0.15) is 65.3 Å². The smallest absolute Gasteiger partial charge is 0.350 e. The standard InChI is InChI=1S/C18H28N6O3S.HI/c1-6-19-18(20-10-8-9-14-23-13(5)24-27-14)22-12(4)16-21-11(3)15(28-16)17(25)26-7-2;/h12H,6-10H2,1-5H3,(H2,19,20,22);1H. The molecule has 1 unspecified atom stereocenters. The number of carbonyl (C=O) groups excluding carboxylic acids is 1. The Bertz CT molecular complexity index is 807. The Balaban J connectivity index is 0.00000420. The predicted octanol–water partition coefficient (Wildman–Crippen LogP) is 3.19. The topological polar surface area (TPSA) is 115 Å². The second kappa shape index (κ2) is 12.7. The summed E-state index contributed by atoms with van der Waals surface area (Å²) in [5, 5.41) is 11.1. The number of ether oxygens (including phenoxy) is 1. The van der Waals surface area contributed by atoms with Crippen LogP contribution in [-0.2, 0) is 11.2 Å². The van der Waals surface area contributed by atoms with Crippen molar-refractivity contribution < 1.29 is 14.1 Å². The van der Waals surface area contributed by atoms with Crippen molar-refractivity contribution in [3.8, 4) is 0 Å². The van der Waals surface area contributed by atoms with Crippen LogP contribution in [0.2, 0.25) is 0 Å². The van der Waals surface area contributed by atoms with E-state index in [-0.39, 0.29) is 36.0 Å². The van der Waals surface area contributed by atoms with E-state index in [1.807, 2.05) is 20.8 Å². The van der Waals surface area contributed by atoms with Crippen molar-refractivity contribution in [3.05, 3.63) is 27.3 Å². The Morgan fingerprint density at radius 2 is 2.07 bits per heavy atom. The van der Waals surface area contributed by atoms with Crippen LogP contribution in [0.4, 0.5) is 0 Å². The highest BCUT2D eigenvalue weighted by molar-refractivity contribution is 14.0. The number of aryl methyl sites for hydroxylation is 3. The lowest BCUT2D eigenvalue weighted by Crippen LogP contribution is -2.38. The third-order valence-electron chi connectivity index (χ3n) is 3.73. The molecule has 0 radical (unpaired) electrons. The van der Waals surface area contributed by atoms with Crippen LogP contribution in [-0.4, -0.2) is 46.7 Å². The summed E-state index contributed by atoms with van der Waals surface area (Å²) in [5.74, 6) is 1.64. The highest BCUT2D eigenvalue weighted by atomic mass is 127. The van der Waals surface area contributed by atoms with Crippen molar-refractivity contribution in [2.45, 2.75) is 53.5 Å². The largest absolute Gasteiger partial charge is 0.462 e. The first-order valence-electron chi connectivity index (χ1n) is 9.43. The maximum atomic E-state index is 12.0. The molecule has 11 heteroatoms. The first kappa shape index (κ1) is 25.3. The zero-order chi connectivity index (χ0) is 20.5. The molecule has 0 aliphatic carbocycles. The molecule has 0 amide bonds. The fourth-order valence-electron chi connectivity index (χ4n) is 2.44. The number of guanidine groups is 1. The average molecular weight is 536 g/mol. The molecule has 2 aromatic heterocycles. The number of carbonyl (C=O) groups is 1. The monoisotopic (exact) mass is 536 g/mol. The van der Waals surface area contributed by atoms with Crippen LogP contribution < -0.4 is 10.6 Å². The highest BCUT2D eigenvalue weighted by Gasteiger charge is 2.20. The molecule has 0 aliphatic heterocycles. The van der Waals surface area contributed by atoms with E-state index >= 15 is 0 Å². The van der Waals surface area contributed by atoms with E-state index in [4.69, 9.17) is 9.26 Å². The molecular weight excluding hydrogens is 507 g/mol. The maximum absolute atomic E-state index is 12.0. The first-order valence-corrected chi connectivity index (χ1v) is 10.2. The van der Waals surface area contributed by atoms with Crippen LogP contribution in [0, 0.1) is 13.8 Å². The molecule has 0 saturated carbocycles. The molecular formula is C18H29IN6O3S. The summed E-state index contributed by atoms with van der Waals surface area (Å²) in [7, 11) is 0. The molecule has 2 rings (SSSR count). The Morgan fingerprint density at radius 3 is 2.69 bits per heavy atom. The van der Waals surface area contributed by atoms with Crippen molar-refractivity contribution >= 4 is 47.2 Å². The molecule has 1 atom stereocenters. The van der Waals surface area contributed by atoms with E-state index in [0.29, 0.717) is 47.8 Å². The molecule has 0 aliphatic rings. The van der Waals surface area contributed by atoms with Gasteiger partial charge in [0.2, 0.25) is 5.89 Å². The summed E-state index contributed by atoms with van der Waals surface area (Å²) in [6.45, 7) is 11.1. The number of hydrogen-bond acceptors (Lipinski definition) is 8. The van der Waals surface area contributed by atoms with E-state index in [1.165, 1.54) is 11.3 Å². The Morgan fingerprint density at radius 1 is 1.31 bits per heavy atom. The van der Waals surface area contributed by atoms with Crippen molar-refractivity contribution in [3.63, 3.8) is 0 Å². The number of rotatable bonds is 9. The second-order valence-electron chi connectivity index (χ2n) is 6.15. The van der Waals surface area contributed by atoms with Crippen LogP contribution in [0.3, 0.4) is 0 Å². The SMILES string of the molecule is CCNC(=NCCCc1nc(C)no1)NC(C)c1nc(C)c(C(=O)OCC)s1.I. The van der Waals surface area contributed by atoms with Gasteiger partial charge in [0.05, 0.1) is 18.3 Å². The van der Waals surface area contributed by atoms with Gasteiger partial charge in [0.25, 0.3) is 0 Å². The maximum Gasteiger partial charge on any atom is 0.350 e. The minimum atomic E-state index is -0.326. The fourth-order valence-corrected chi connectivity index (χ4v) is 3.40. The lowest BCUT2D eigenvalue weighted by molar-refractivity contribution is 0.0531. The van der Waals surface area contributed by atoms with Gasteiger partial charge < -0.3 is 19.9 Å². The van der Waals surface area contributed by atoms with E-state index in [9.17, 15) is 4.79 Å². The number of halogens is 1. The number of hydrogen-bond donors (Lipinski definition) is 2. The molecule has 2 N–H and O–H groups in total. The summed E-state index contributed by atoms with van der Waals surface area (Å²) in [6.07, 6.45) is 1.49. The highest BCUT2D eigenvalue weighted by Crippen LogP contribution is 2.24. The Hall–Kier alpha value is -1.76. The van der Waals surface area contributed by atoms with Crippen molar-refractivity contribution in [1.82, 2.24) is 25.8 Å². The van der Waals surface area contributed by atoms with Gasteiger partial charge in [-0.3, -0.25) is 4.99 Å². The molecule has 0 fully saturated rings. The molecule has 162 valence electrons. The first-order chi connectivity index (χ1) is 13.4. The molecule has 0 bridgehead atoms. The molecule has 2 aromatic rings. The molecule has 0 aromatic carbocycles. The minimum absolute atomic E-state index is 0. The van der Waals surface area contributed by atoms with E-state index in [1.54, 1.807) is 13.8 Å². The van der Waals surface area contributed by atoms with Gasteiger partial charge in [0.1, 0.15) is 9.88 Å². The van der Waals surface area contributed by atoms with Crippen LogP contribution >= 0.6 is 35.3 Å². The summed E-state index contributed by atoms with van der Waals surface area (Å²) in [6, 6.07) is -0.0942.